The van der Waals surface area contributed by atoms with E-state index in [0.717, 1.165) is 24.5 Å². The Bertz CT molecular complexity index is 1080. The highest BCUT2D eigenvalue weighted by Crippen LogP contribution is 2.26. The standard InChI is InChI=1S/C23H22N3.ClHO4/c1-2-9-21-16-20(18-10-5-3-6-11-18)17-22(19-12-7-4-8-13-19)26(21)23-24-14-15-25-23;2-1(3,4)5/h3-8,10-17H,2,9H2,1H3,(H,24,25);(H,2,3,4,5)/q+1;/p-1. The predicted octanol–water partition coefficient (Wildman–Crippen LogP) is 0.217. The number of nitrogens with one attached hydrogen (secondary N) is 1. The summed E-state index contributed by atoms with van der Waals surface area (Å²) in [5.74, 6) is 0.854. The number of imidazole rings is 1. The van der Waals surface area contributed by atoms with E-state index in [0.29, 0.717) is 0 Å². The van der Waals surface area contributed by atoms with Gasteiger partial charge in [0.1, 0.15) is 11.9 Å². The van der Waals surface area contributed by atoms with Crippen molar-refractivity contribution in [2.45, 2.75) is 19.8 Å². The molecule has 0 amide bonds. The second kappa shape index (κ2) is 10.3. The molecule has 8 heteroatoms. The second-order valence-corrected chi connectivity index (χ2v) is 7.48. The van der Waals surface area contributed by atoms with Crippen molar-refractivity contribution in [2.75, 3.05) is 0 Å². The lowest BCUT2D eigenvalue weighted by molar-refractivity contribution is -2.00. The van der Waals surface area contributed by atoms with Crippen LogP contribution in [-0.4, -0.2) is 9.97 Å². The summed E-state index contributed by atoms with van der Waals surface area (Å²) in [6.45, 7) is 2.21. The van der Waals surface area contributed by atoms with E-state index in [4.69, 9.17) is 18.6 Å². The molecular formula is C23H22ClN3O4. The Kier molecular flexibility index (Phi) is 7.51. The fraction of sp³-hybridized carbons (Fsp3) is 0.130. The van der Waals surface area contributed by atoms with Crippen LogP contribution in [0.15, 0.2) is 85.2 Å². The van der Waals surface area contributed by atoms with Crippen LogP contribution in [0.2, 0.25) is 0 Å². The minimum absolute atomic E-state index is 0.854. The Hall–Kier alpha value is -3.07. The van der Waals surface area contributed by atoms with Crippen LogP contribution in [0.25, 0.3) is 28.3 Å². The number of benzene rings is 2. The third kappa shape index (κ3) is 6.45. The third-order valence-corrected chi connectivity index (χ3v) is 4.52. The van der Waals surface area contributed by atoms with Gasteiger partial charge in [0.15, 0.2) is 0 Å². The van der Waals surface area contributed by atoms with Gasteiger partial charge in [-0.05, 0) is 29.7 Å². The fourth-order valence-electron chi connectivity index (χ4n) is 3.34. The monoisotopic (exact) mass is 439 g/mol. The zero-order valence-electron chi connectivity index (χ0n) is 16.9. The average Bonchev–Trinajstić information content (AvgIpc) is 3.28. The van der Waals surface area contributed by atoms with Crippen LogP contribution in [-0.2, 0) is 6.42 Å². The lowest BCUT2D eigenvalue weighted by Crippen LogP contribution is -2.68. The van der Waals surface area contributed by atoms with E-state index in [9.17, 15) is 0 Å². The molecule has 0 aliphatic rings. The van der Waals surface area contributed by atoms with Crippen LogP contribution < -0.4 is 23.2 Å². The van der Waals surface area contributed by atoms with Gasteiger partial charge < -0.3 is 0 Å². The average molecular weight is 440 g/mol. The maximum atomic E-state index is 8.49. The van der Waals surface area contributed by atoms with E-state index in [1.54, 1.807) is 6.20 Å². The summed E-state index contributed by atoms with van der Waals surface area (Å²) >= 11 is 0. The van der Waals surface area contributed by atoms with Crippen molar-refractivity contribution in [3.63, 3.8) is 0 Å². The number of hydrogen-bond donors (Lipinski definition) is 1. The quantitative estimate of drug-likeness (QED) is 0.445. The van der Waals surface area contributed by atoms with Crippen LogP contribution in [0.3, 0.4) is 0 Å². The molecule has 4 aromatic rings. The molecule has 2 aromatic carbocycles. The summed E-state index contributed by atoms with van der Waals surface area (Å²) in [7, 11) is -4.94. The Morgan fingerprint density at radius 2 is 1.42 bits per heavy atom. The number of aromatic nitrogens is 3. The van der Waals surface area contributed by atoms with E-state index in [1.165, 1.54) is 22.4 Å². The van der Waals surface area contributed by atoms with Crippen LogP contribution in [0.1, 0.15) is 19.0 Å². The van der Waals surface area contributed by atoms with Crippen LogP contribution in [0.5, 0.6) is 0 Å². The molecule has 0 aliphatic heterocycles. The molecule has 4 rings (SSSR count). The molecule has 0 bridgehead atoms. The van der Waals surface area contributed by atoms with Gasteiger partial charge >= 0.3 is 5.95 Å². The van der Waals surface area contributed by atoms with Gasteiger partial charge in [0.25, 0.3) is 0 Å². The first-order valence-electron chi connectivity index (χ1n) is 9.68. The highest BCUT2D eigenvalue weighted by Gasteiger charge is 2.20. The van der Waals surface area contributed by atoms with Crippen molar-refractivity contribution >= 4 is 0 Å². The number of aromatic amines is 1. The van der Waals surface area contributed by atoms with Gasteiger partial charge in [0.05, 0.1) is 11.9 Å². The number of nitrogens with zero attached hydrogens (tertiary/aromatic N) is 2. The summed E-state index contributed by atoms with van der Waals surface area (Å²) < 4.78 is 36.2. The van der Waals surface area contributed by atoms with Gasteiger partial charge in [-0.3, -0.25) is 0 Å². The Morgan fingerprint density at radius 3 is 1.94 bits per heavy atom. The molecule has 0 saturated heterocycles. The maximum absolute atomic E-state index is 8.49. The van der Waals surface area contributed by atoms with E-state index < -0.39 is 10.2 Å². The lowest BCUT2D eigenvalue weighted by Gasteiger charge is -2.17. The van der Waals surface area contributed by atoms with Crippen LogP contribution >= 0.6 is 0 Å². The third-order valence-electron chi connectivity index (χ3n) is 4.52. The largest absolute Gasteiger partial charge is 0.401 e. The van der Waals surface area contributed by atoms with Crippen molar-refractivity contribution in [3.05, 3.63) is 90.9 Å². The molecular weight excluding hydrogens is 418 g/mol. The molecule has 0 fully saturated rings. The minimum atomic E-state index is -4.94. The molecule has 0 atom stereocenters. The summed E-state index contributed by atoms with van der Waals surface area (Å²) in [5, 5.41) is 0. The predicted molar refractivity (Wildman–Crippen MR) is 105 cm³/mol. The summed E-state index contributed by atoms with van der Waals surface area (Å²) in [6.07, 6.45) is 5.74. The number of aryl methyl sites for hydroxylation is 1. The SMILES string of the molecule is CCCc1cc(-c2ccccc2)cc(-c2ccccc2)[n+]1-c1ncc[nH]1.[O-][Cl+3]([O-])([O-])[O-]. The topological polar surface area (TPSA) is 125 Å². The van der Waals surface area contributed by atoms with Crippen LogP contribution in [0, 0.1) is 10.2 Å². The van der Waals surface area contributed by atoms with E-state index in [1.807, 2.05) is 6.20 Å². The Morgan fingerprint density at radius 1 is 0.839 bits per heavy atom. The second-order valence-electron chi connectivity index (χ2n) is 6.73. The van der Waals surface area contributed by atoms with Gasteiger partial charge in [-0.15, -0.1) is 10.2 Å². The van der Waals surface area contributed by atoms with E-state index in [-0.39, 0.29) is 0 Å². The summed E-state index contributed by atoms with van der Waals surface area (Å²) in [4.78, 5) is 7.80. The number of rotatable bonds is 5. The van der Waals surface area contributed by atoms with Crippen molar-refractivity contribution in [3.8, 4) is 28.3 Å². The van der Waals surface area contributed by atoms with Gasteiger partial charge in [0.2, 0.25) is 0 Å². The van der Waals surface area contributed by atoms with Crippen molar-refractivity contribution in [1.29, 1.82) is 0 Å². The van der Waals surface area contributed by atoms with Gasteiger partial charge in [-0.1, -0.05) is 72.6 Å². The zero-order chi connectivity index (χ0) is 22.3. The molecule has 0 aliphatic carbocycles. The smallest absolute Gasteiger partial charge is 0.245 e. The van der Waals surface area contributed by atoms with Crippen molar-refractivity contribution in [1.82, 2.24) is 9.97 Å². The minimum Gasteiger partial charge on any atom is -0.245 e. The molecule has 7 nitrogen and oxygen atoms in total. The summed E-state index contributed by atoms with van der Waals surface area (Å²) in [5.41, 5.74) is 6.04. The van der Waals surface area contributed by atoms with Crippen LogP contribution in [0.4, 0.5) is 0 Å². The molecule has 0 radical (unpaired) electrons. The first kappa shape index (κ1) is 22.6. The Labute approximate surface area is 182 Å². The Balaban J connectivity index is 0.000000491. The molecule has 0 saturated carbocycles. The van der Waals surface area contributed by atoms with Gasteiger partial charge in [0, 0.05) is 12.0 Å². The molecule has 2 heterocycles. The molecule has 2 aromatic heterocycles. The normalized spacial score (nSPS) is 11.0. The number of halogens is 1. The maximum Gasteiger partial charge on any atom is 0.401 e. The van der Waals surface area contributed by atoms with Crippen molar-refractivity contribution in [2.24, 2.45) is 0 Å². The zero-order valence-corrected chi connectivity index (χ0v) is 17.7. The molecule has 160 valence electrons. The molecule has 31 heavy (non-hydrogen) atoms. The van der Waals surface area contributed by atoms with E-state index >= 15 is 0 Å². The first-order valence-corrected chi connectivity index (χ1v) is 10.9. The van der Waals surface area contributed by atoms with Gasteiger partial charge in [-0.25, -0.2) is 23.6 Å². The molecule has 0 spiro atoms. The van der Waals surface area contributed by atoms with Crippen molar-refractivity contribution < 1.29 is 33.4 Å². The number of hydrogen-bond acceptors (Lipinski definition) is 5. The lowest BCUT2D eigenvalue weighted by atomic mass is 10.0. The highest BCUT2D eigenvalue weighted by molar-refractivity contribution is 5.69. The number of H-pyrrole nitrogens is 1. The molecule has 0 unspecified atom stereocenters. The highest BCUT2D eigenvalue weighted by atomic mass is 35.7. The van der Waals surface area contributed by atoms with Gasteiger partial charge in [-0.2, -0.15) is 4.57 Å². The molecule has 1 N–H and O–H groups in total. The summed E-state index contributed by atoms with van der Waals surface area (Å²) in [6, 6.07) is 25.6. The number of pyridine rings is 1. The fourth-order valence-corrected chi connectivity index (χ4v) is 3.34. The first-order chi connectivity index (χ1) is 14.9. The van der Waals surface area contributed by atoms with E-state index in [2.05, 4.69) is 94.3 Å².